The zero-order valence-corrected chi connectivity index (χ0v) is 10.8. The number of aromatic amines is 1. The van der Waals surface area contributed by atoms with Gasteiger partial charge in [0.2, 0.25) is 5.82 Å². The van der Waals surface area contributed by atoms with Gasteiger partial charge in [-0.25, -0.2) is 14.2 Å². The van der Waals surface area contributed by atoms with Gasteiger partial charge in [-0.2, -0.15) is 4.39 Å². The van der Waals surface area contributed by atoms with E-state index in [4.69, 9.17) is 5.11 Å². The number of H-pyrrole nitrogens is 1. The van der Waals surface area contributed by atoms with Crippen molar-refractivity contribution in [3.05, 3.63) is 56.6 Å². The van der Waals surface area contributed by atoms with E-state index in [9.17, 15) is 29.0 Å². The predicted molar refractivity (Wildman–Crippen MR) is 72.6 cm³/mol. The van der Waals surface area contributed by atoms with Crippen LogP contribution in [0.2, 0.25) is 0 Å². The lowest BCUT2D eigenvalue weighted by atomic mass is 10.1. The van der Waals surface area contributed by atoms with E-state index in [0.29, 0.717) is 16.8 Å². The molecule has 0 spiro atoms. The molecule has 0 amide bonds. The minimum atomic E-state index is -1.32. The molecule has 0 atom stereocenters. The molecular weight excluding hydrogens is 299 g/mol. The first-order valence-corrected chi connectivity index (χ1v) is 5.79. The van der Waals surface area contributed by atoms with Gasteiger partial charge in [0, 0.05) is 23.9 Å². The van der Waals surface area contributed by atoms with Gasteiger partial charge in [-0.05, 0) is 12.1 Å². The third kappa shape index (κ3) is 2.73. The fourth-order valence-electron chi connectivity index (χ4n) is 1.74. The van der Waals surface area contributed by atoms with Crippen LogP contribution in [0.25, 0.3) is 11.8 Å². The van der Waals surface area contributed by atoms with Gasteiger partial charge in [-0.15, -0.1) is 0 Å². The van der Waals surface area contributed by atoms with Crippen LogP contribution >= 0.6 is 0 Å². The maximum Gasteiger partial charge on any atom is 0.333 e. The first-order chi connectivity index (χ1) is 10.3. The van der Waals surface area contributed by atoms with Gasteiger partial charge in [-0.1, -0.05) is 0 Å². The van der Waals surface area contributed by atoms with Crippen LogP contribution in [0.1, 0.15) is 5.56 Å². The number of aromatic nitrogens is 2. The smallest absolute Gasteiger partial charge is 0.333 e. The van der Waals surface area contributed by atoms with Gasteiger partial charge in [0.25, 0.3) is 5.56 Å². The average molecular weight is 308 g/mol. The highest BCUT2D eigenvalue weighted by Gasteiger charge is 2.15. The van der Waals surface area contributed by atoms with Crippen molar-refractivity contribution in [1.29, 1.82) is 0 Å². The summed E-state index contributed by atoms with van der Waals surface area (Å²) in [6, 6.07) is 1.77. The third-order valence-corrected chi connectivity index (χ3v) is 2.70. The number of phenols is 2. The first-order valence-electron chi connectivity index (χ1n) is 5.79. The second-order valence-electron chi connectivity index (χ2n) is 4.15. The van der Waals surface area contributed by atoms with E-state index in [0.717, 1.165) is 18.2 Å². The lowest BCUT2D eigenvalue weighted by Crippen LogP contribution is -2.35. The van der Waals surface area contributed by atoms with Crippen molar-refractivity contribution in [2.24, 2.45) is 0 Å². The van der Waals surface area contributed by atoms with Crippen LogP contribution in [0.15, 0.2) is 34.0 Å². The summed E-state index contributed by atoms with van der Waals surface area (Å²) in [4.78, 5) is 36.0. The number of carboxylic acid groups (broad SMARTS) is 1. The molecule has 4 N–H and O–H groups in total. The molecule has 0 fully saturated rings. The number of hydrogen-bond donors (Lipinski definition) is 4. The molecule has 8 nitrogen and oxygen atoms in total. The van der Waals surface area contributed by atoms with Gasteiger partial charge in [0.1, 0.15) is 0 Å². The molecule has 22 heavy (non-hydrogen) atoms. The van der Waals surface area contributed by atoms with E-state index in [1.807, 2.05) is 4.98 Å². The summed E-state index contributed by atoms with van der Waals surface area (Å²) in [6.45, 7) is 0. The van der Waals surface area contributed by atoms with E-state index in [1.165, 1.54) is 0 Å². The summed E-state index contributed by atoms with van der Waals surface area (Å²) >= 11 is 0. The van der Waals surface area contributed by atoms with Gasteiger partial charge in [0.05, 0.1) is 5.69 Å². The predicted octanol–water partition coefficient (Wildman–Crippen LogP) is 0.174. The number of carboxylic acids is 1. The Labute approximate surface area is 121 Å². The number of carbonyl (C=O) groups is 1. The highest BCUT2D eigenvalue weighted by atomic mass is 19.1. The number of nitrogens with zero attached hydrogens (tertiary/aromatic N) is 1. The number of rotatable bonds is 3. The molecule has 2 rings (SSSR count). The van der Waals surface area contributed by atoms with Crippen LogP contribution in [0.5, 0.6) is 11.5 Å². The first kappa shape index (κ1) is 15.0. The largest absolute Gasteiger partial charge is 0.504 e. The number of hydrogen-bond acceptors (Lipinski definition) is 5. The molecule has 9 heteroatoms. The van der Waals surface area contributed by atoms with Crippen LogP contribution < -0.4 is 11.2 Å². The quantitative estimate of drug-likeness (QED) is 0.472. The van der Waals surface area contributed by atoms with Gasteiger partial charge in [-0.3, -0.25) is 4.79 Å². The minimum absolute atomic E-state index is 0.0871. The van der Waals surface area contributed by atoms with Crippen molar-refractivity contribution in [2.45, 2.75) is 0 Å². The van der Waals surface area contributed by atoms with Crippen molar-refractivity contribution in [1.82, 2.24) is 9.55 Å². The molecule has 1 aromatic heterocycles. The summed E-state index contributed by atoms with van der Waals surface area (Å²) in [5.41, 5.74) is -2.67. The fraction of sp³-hybridized carbons (Fsp3) is 0. The number of phenolic OH excluding ortho intramolecular Hbond substituents is 2. The van der Waals surface area contributed by atoms with E-state index in [1.54, 1.807) is 0 Å². The third-order valence-electron chi connectivity index (χ3n) is 2.70. The molecule has 0 saturated carbocycles. The molecular formula is C13H9FN2O6. The molecule has 0 aliphatic heterocycles. The minimum Gasteiger partial charge on any atom is -0.504 e. The van der Waals surface area contributed by atoms with Crippen LogP contribution in [0.3, 0.4) is 0 Å². The van der Waals surface area contributed by atoms with Gasteiger partial charge in [0.15, 0.2) is 11.5 Å². The summed E-state index contributed by atoms with van der Waals surface area (Å²) in [6.07, 6.45) is 2.25. The maximum absolute atomic E-state index is 13.3. The zero-order valence-electron chi connectivity index (χ0n) is 10.8. The van der Waals surface area contributed by atoms with Crippen LogP contribution in [0, 0.1) is 5.82 Å². The van der Waals surface area contributed by atoms with Crippen molar-refractivity contribution < 1.29 is 24.5 Å². The molecule has 114 valence electrons. The number of aliphatic carboxylic acids is 1. The second-order valence-corrected chi connectivity index (χ2v) is 4.15. The number of aromatic hydroxyl groups is 2. The Kier molecular flexibility index (Phi) is 3.80. The highest BCUT2D eigenvalue weighted by Crippen LogP contribution is 2.30. The molecule has 0 saturated heterocycles. The van der Waals surface area contributed by atoms with E-state index in [2.05, 4.69) is 0 Å². The number of nitrogens with one attached hydrogen (secondary N) is 1. The lowest BCUT2D eigenvalue weighted by Gasteiger charge is -2.10. The Morgan fingerprint density at radius 1 is 1.23 bits per heavy atom. The summed E-state index contributed by atoms with van der Waals surface area (Å²) < 4.78 is 13.7. The Hall–Kier alpha value is -3.36. The van der Waals surface area contributed by atoms with Crippen molar-refractivity contribution in [3.63, 3.8) is 0 Å². The van der Waals surface area contributed by atoms with Gasteiger partial charge < -0.3 is 20.3 Å². The molecule has 0 radical (unpaired) electrons. The molecule has 0 aliphatic carbocycles. The molecule has 0 unspecified atom stereocenters. The normalized spacial score (nSPS) is 11.0. The molecule has 1 aromatic carbocycles. The van der Waals surface area contributed by atoms with E-state index >= 15 is 0 Å². The number of benzene rings is 1. The van der Waals surface area contributed by atoms with Gasteiger partial charge >= 0.3 is 11.7 Å². The fourth-order valence-corrected chi connectivity index (χ4v) is 1.74. The highest BCUT2D eigenvalue weighted by molar-refractivity contribution is 5.86. The lowest BCUT2D eigenvalue weighted by molar-refractivity contribution is -0.131. The Morgan fingerprint density at radius 3 is 2.50 bits per heavy atom. The van der Waals surface area contributed by atoms with Crippen molar-refractivity contribution >= 4 is 12.0 Å². The van der Waals surface area contributed by atoms with E-state index < -0.39 is 34.5 Å². The Morgan fingerprint density at radius 2 is 1.86 bits per heavy atom. The number of halogens is 1. The Balaban J connectivity index is 2.83. The Bertz CT molecular complexity index is 896. The maximum atomic E-state index is 13.3. The molecule has 0 aliphatic rings. The monoisotopic (exact) mass is 308 g/mol. The molecule has 0 bridgehead atoms. The van der Waals surface area contributed by atoms with E-state index in [-0.39, 0.29) is 11.3 Å². The second kappa shape index (κ2) is 5.56. The summed E-state index contributed by atoms with van der Waals surface area (Å²) in [5, 5.41) is 27.6. The van der Waals surface area contributed by atoms with Crippen LogP contribution in [-0.2, 0) is 4.79 Å². The average Bonchev–Trinajstić information content (AvgIpc) is 2.45. The zero-order chi connectivity index (χ0) is 16.4. The summed E-state index contributed by atoms with van der Waals surface area (Å²) in [5.74, 6) is -3.84. The molecule has 1 heterocycles. The van der Waals surface area contributed by atoms with Crippen molar-refractivity contribution in [3.8, 4) is 17.2 Å². The van der Waals surface area contributed by atoms with Crippen LogP contribution in [-0.4, -0.2) is 30.8 Å². The topological polar surface area (TPSA) is 133 Å². The van der Waals surface area contributed by atoms with Crippen molar-refractivity contribution in [2.75, 3.05) is 0 Å². The SMILES string of the molecule is O=C(O)/C=C/c1cc(O)c(O)cc1-n1c(=O)[nH]cc(F)c1=O. The molecule has 2 aromatic rings. The standard InChI is InChI=1S/C13H9FN2O6/c14-7-5-15-13(22)16(12(7)21)8-4-10(18)9(17)3-6(8)1-2-11(19)20/h1-5,17-18H,(H,15,22)(H,19,20)/b2-1+. The van der Waals surface area contributed by atoms with Crippen LogP contribution in [0.4, 0.5) is 4.39 Å². The summed E-state index contributed by atoms with van der Waals surface area (Å²) in [7, 11) is 0.